The standard InChI is InChI=1S/C24H20O2S/c25-27(26,19-7-2-1-3-8-19)20-12-15-22-18(16-20)11-14-23-21-9-5-4-6-17(21)10-13-24(22)23/h1-11,13-14,20H,12,15-16H2. The van der Waals surface area contributed by atoms with Gasteiger partial charge in [-0.2, -0.15) is 0 Å². The summed E-state index contributed by atoms with van der Waals surface area (Å²) in [6.07, 6.45) is 2.08. The molecule has 2 nitrogen and oxygen atoms in total. The van der Waals surface area contributed by atoms with Gasteiger partial charge in [-0.25, -0.2) is 8.42 Å². The molecule has 5 rings (SSSR count). The molecule has 0 N–H and O–H groups in total. The summed E-state index contributed by atoms with van der Waals surface area (Å²) in [6, 6.07) is 25.9. The first-order chi connectivity index (χ1) is 13.1. The summed E-state index contributed by atoms with van der Waals surface area (Å²) in [5.74, 6) is 0. The number of benzene rings is 4. The van der Waals surface area contributed by atoms with Crippen LogP contribution in [0.15, 0.2) is 83.8 Å². The lowest BCUT2D eigenvalue weighted by Crippen LogP contribution is -2.28. The molecule has 3 heteroatoms. The van der Waals surface area contributed by atoms with Crippen molar-refractivity contribution in [2.24, 2.45) is 0 Å². The summed E-state index contributed by atoms with van der Waals surface area (Å²) in [5, 5.41) is 4.69. The fraction of sp³-hybridized carbons (Fsp3) is 0.167. The summed E-state index contributed by atoms with van der Waals surface area (Å²) in [4.78, 5) is 0.435. The topological polar surface area (TPSA) is 34.1 Å². The van der Waals surface area contributed by atoms with Crippen LogP contribution in [0.25, 0.3) is 21.5 Å². The Morgan fingerprint density at radius 2 is 1.44 bits per heavy atom. The van der Waals surface area contributed by atoms with E-state index >= 15 is 0 Å². The van der Waals surface area contributed by atoms with E-state index in [4.69, 9.17) is 0 Å². The Hall–Kier alpha value is -2.65. The van der Waals surface area contributed by atoms with Crippen LogP contribution in [0.4, 0.5) is 0 Å². The molecule has 0 aromatic heterocycles. The quantitative estimate of drug-likeness (QED) is 0.446. The Kier molecular flexibility index (Phi) is 3.80. The fourth-order valence-electron chi connectivity index (χ4n) is 4.40. The minimum Gasteiger partial charge on any atom is -0.223 e. The molecule has 0 saturated carbocycles. The van der Waals surface area contributed by atoms with Gasteiger partial charge in [-0.3, -0.25) is 0 Å². The molecule has 1 unspecified atom stereocenters. The number of hydrogen-bond acceptors (Lipinski definition) is 2. The van der Waals surface area contributed by atoms with Crippen molar-refractivity contribution in [1.82, 2.24) is 0 Å². The van der Waals surface area contributed by atoms with Crippen LogP contribution in [-0.2, 0) is 22.7 Å². The molecule has 27 heavy (non-hydrogen) atoms. The molecule has 0 fully saturated rings. The molecule has 0 spiro atoms. The van der Waals surface area contributed by atoms with E-state index in [1.54, 1.807) is 24.3 Å². The minimum absolute atomic E-state index is 0.342. The first kappa shape index (κ1) is 16.5. The van der Waals surface area contributed by atoms with Gasteiger partial charge in [0.15, 0.2) is 9.84 Å². The molecule has 134 valence electrons. The zero-order valence-corrected chi connectivity index (χ0v) is 15.7. The van der Waals surface area contributed by atoms with Crippen molar-refractivity contribution < 1.29 is 8.42 Å². The zero-order chi connectivity index (χ0) is 18.4. The van der Waals surface area contributed by atoms with Crippen LogP contribution in [0.2, 0.25) is 0 Å². The van der Waals surface area contributed by atoms with Gasteiger partial charge in [-0.1, -0.05) is 66.7 Å². The molecule has 0 radical (unpaired) electrons. The van der Waals surface area contributed by atoms with Crippen molar-refractivity contribution >= 4 is 31.4 Å². The van der Waals surface area contributed by atoms with Crippen molar-refractivity contribution in [3.8, 4) is 0 Å². The third-order valence-electron chi connectivity index (χ3n) is 5.81. The van der Waals surface area contributed by atoms with Gasteiger partial charge in [0, 0.05) is 0 Å². The van der Waals surface area contributed by atoms with E-state index in [1.165, 1.54) is 32.7 Å². The van der Waals surface area contributed by atoms with Crippen LogP contribution < -0.4 is 0 Å². The predicted octanol–water partition coefficient (Wildman–Crippen LogP) is 5.32. The van der Waals surface area contributed by atoms with Crippen LogP contribution in [0.3, 0.4) is 0 Å². The lowest BCUT2D eigenvalue weighted by Gasteiger charge is -2.26. The molecule has 1 aliphatic rings. The largest absolute Gasteiger partial charge is 0.223 e. The maximum atomic E-state index is 13.0. The monoisotopic (exact) mass is 372 g/mol. The first-order valence-electron chi connectivity index (χ1n) is 9.36. The SMILES string of the molecule is O=S(=O)(c1ccccc1)C1CCc2c(ccc3c2ccc2ccccc23)C1. The highest BCUT2D eigenvalue weighted by atomic mass is 32.2. The number of rotatable bonds is 2. The smallest absolute Gasteiger partial charge is 0.181 e. The predicted molar refractivity (Wildman–Crippen MR) is 111 cm³/mol. The average molecular weight is 372 g/mol. The van der Waals surface area contributed by atoms with E-state index in [2.05, 4.69) is 48.5 Å². The highest BCUT2D eigenvalue weighted by Gasteiger charge is 2.31. The van der Waals surface area contributed by atoms with E-state index in [0.29, 0.717) is 17.7 Å². The zero-order valence-electron chi connectivity index (χ0n) is 14.9. The molecule has 0 saturated heterocycles. The lowest BCUT2D eigenvalue weighted by molar-refractivity contribution is 0.562. The third kappa shape index (κ3) is 2.65. The van der Waals surface area contributed by atoms with Gasteiger partial charge in [0.1, 0.15) is 0 Å². The molecular weight excluding hydrogens is 352 g/mol. The Bertz CT molecular complexity index is 1260. The number of aryl methyl sites for hydroxylation is 1. The van der Waals surface area contributed by atoms with E-state index in [9.17, 15) is 8.42 Å². The van der Waals surface area contributed by atoms with E-state index in [0.717, 1.165) is 6.42 Å². The Morgan fingerprint density at radius 3 is 2.30 bits per heavy atom. The summed E-state index contributed by atoms with van der Waals surface area (Å²) in [5.41, 5.74) is 2.49. The highest BCUT2D eigenvalue weighted by Crippen LogP contribution is 2.35. The molecule has 1 aliphatic carbocycles. The molecule has 0 amide bonds. The van der Waals surface area contributed by atoms with E-state index < -0.39 is 9.84 Å². The number of hydrogen-bond donors (Lipinski definition) is 0. The third-order valence-corrected chi connectivity index (χ3v) is 8.02. The van der Waals surface area contributed by atoms with Gasteiger partial charge in [-0.15, -0.1) is 0 Å². The number of sulfone groups is 1. The van der Waals surface area contributed by atoms with Crippen molar-refractivity contribution in [3.63, 3.8) is 0 Å². The van der Waals surface area contributed by atoms with Gasteiger partial charge in [0.2, 0.25) is 0 Å². The molecule has 4 aromatic rings. The highest BCUT2D eigenvalue weighted by molar-refractivity contribution is 7.92. The average Bonchev–Trinajstić information content (AvgIpc) is 2.73. The molecule has 0 heterocycles. The van der Waals surface area contributed by atoms with Crippen LogP contribution in [-0.4, -0.2) is 13.7 Å². The second kappa shape index (κ2) is 6.21. The Labute approximate surface area is 159 Å². The maximum absolute atomic E-state index is 13.0. The summed E-state index contributed by atoms with van der Waals surface area (Å²) < 4.78 is 26.1. The van der Waals surface area contributed by atoms with Crippen LogP contribution >= 0.6 is 0 Å². The molecule has 0 aliphatic heterocycles. The fourth-order valence-corrected chi connectivity index (χ4v) is 6.15. The minimum atomic E-state index is -3.29. The van der Waals surface area contributed by atoms with Gasteiger partial charge >= 0.3 is 0 Å². The lowest BCUT2D eigenvalue weighted by atomic mass is 9.86. The molecular formula is C24H20O2S. The van der Waals surface area contributed by atoms with Crippen molar-refractivity contribution in [3.05, 3.63) is 90.0 Å². The summed E-state index contributed by atoms with van der Waals surface area (Å²) >= 11 is 0. The van der Waals surface area contributed by atoms with Gasteiger partial charge in [0.25, 0.3) is 0 Å². The molecule has 4 aromatic carbocycles. The normalized spacial score (nSPS) is 17.1. The maximum Gasteiger partial charge on any atom is 0.181 e. The second-order valence-electron chi connectivity index (χ2n) is 7.31. The molecule has 1 atom stereocenters. The number of fused-ring (bicyclic) bond motifs is 5. The van der Waals surface area contributed by atoms with Crippen molar-refractivity contribution in [2.45, 2.75) is 29.4 Å². The van der Waals surface area contributed by atoms with Crippen LogP contribution in [0, 0.1) is 0 Å². The second-order valence-corrected chi connectivity index (χ2v) is 9.54. The molecule has 0 bridgehead atoms. The Morgan fingerprint density at radius 1 is 0.704 bits per heavy atom. The van der Waals surface area contributed by atoms with Crippen molar-refractivity contribution in [2.75, 3.05) is 0 Å². The van der Waals surface area contributed by atoms with Crippen LogP contribution in [0.1, 0.15) is 17.5 Å². The first-order valence-corrected chi connectivity index (χ1v) is 10.9. The summed E-state index contributed by atoms with van der Waals surface area (Å²) in [6.45, 7) is 0. The van der Waals surface area contributed by atoms with Gasteiger partial charge in [-0.05, 0) is 64.1 Å². The van der Waals surface area contributed by atoms with E-state index in [-0.39, 0.29) is 5.25 Å². The van der Waals surface area contributed by atoms with Gasteiger partial charge < -0.3 is 0 Å². The van der Waals surface area contributed by atoms with Gasteiger partial charge in [0.05, 0.1) is 10.1 Å². The van der Waals surface area contributed by atoms with Crippen LogP contribution in [0.5, 0.6) is 0 Å². The van der Waals surface area contributed by atoms with Crippen molar-refractivity contribution in [1.29, 1.82) is 0 Å². The summed E-state index contributed by atoms with van der Waals surface area (Å²) in [7, 11) is -3.29. The van der Waals surface area contributed by atoms with E-state index in [1.807, 2.05) is 6.07 Å². The Balaban J connectivity index is 1.59.